The number of aromatic nitrogens is 5. The van der Waals surface area contributed by atoms with Gasteiger partial charge in [0, 0.05) is 49.7 Å². The van der Waals surface area contributed by atoms with Crippen molar-refractivity contribution in [3.05, 3.63) is 71.1 Å². The Balaban J connectivity index is 1.58. The summed E-state index contributed by atoms with van der Waals surface area (Å²) in [5.74, 6) is -4.84. The molecule has 0 atom stereocenters. The summed E-state index contributed by atoms with van der Waals surface area (Å²) in [7, 11) is 1.99. The Morgan fingerprint density at radius 1 is 1.11 bits per heavy atom. The Hall–Kier alpha value is -3.93. The second-order valence-corrected chi connectivity index (χ2v) is 8.58. The number of likely N-dealkylation sites (N-methyl/N-ethyl adjacent to an activating group) is 1. The Morgan fingerprint density at radius 2 is 1.83 bits per heavy atom. The lowest BCUT2D eigenvalue weighted by atomic mass is 10.1. The van der Waals surface area contributed by atoms with Gasteiger partial charge in [-0.15, -0.1) is 5.10 Å². The van der Waals surface area contributed by atoms with Crippen LogP contribution in [0.4, 0.5) is 24.8 Å². The molecule has 0 spiro atoms. The molecule has 0 bridgehead atoms. The van der Waals surface area contributed by atoms with Crippen molar-refractivity contribution in [1.29, 1.82) is 0 Å². The summed E-state index contributed by atoms with van der Waals surface area (Å²) in [6.07, 6.45) is 1.42. The van der Waals surface area contributed by atoms with Gasteiger partial charge in [0.15, 0.2) is 11.6 Å². The van der Waals surface area contributed by atoms with E-state index in [0.29, 0.717) is 30.0 Å². The van der Waals surface area contributed by atoms with E-state index in [1.165, 1.54) is 10.7 Å². The van der Waals surface area contributed by atoms with E-state index in [0.717, 1.165) is 43.0 Å². The molecule has 5 rings (SSSR count). The van der Waals surface area contributed by atoms with Gasteiger partial charge in [-0.1, -0.05) is 0 Å². The highest BCUT2D eigenvalue weighted by Crippen LogP contribution is 2.35. The number of nitrogens with one attached hydrogen (secondary N) is 2. The van der Waals surface area contributed by atoms with Crippen LogP contribution in [0.15, 0.2) is 42.6 Å². The average molecular weight is 484 g/mol. The van der Waals surface area contributed by atoms with Crippen LogP contribution in [0, 0.1) is 12.7 Å². The predicted octanol–water partition coefficient (Wildman–Crippen LogP) is 3.17. The van der Waals surface area contributed by atoms with Crippen LogP contribution >= 0.6 is 0 Å². The van der Waals surface area contributed by atoms with Gasteiger partial charge in [-0.3, -0.25) is 9.89 Å². The van der Waals surface area contributed by atoms with Crippen molar-refractivity contribution < 1.29 is 18.0 Å². The maximum absolute atomic E-state index is 15.4. The number of piperazine rings is 1. The van der Waals surface area contributed by atoms with Crippen LogP contribution in [0.25, 0.3) is 5.52 Å². The minimum absolute atomic E-state index is 0.0562. The molecule has 12 heteroatoms. The third-order valence-electron chi connectivity index (χ3n) is 5.94. The number of alkyl halides is 2. The van der Waals surface area contributed by atoms with Crippen LogP contribution < -0.4 is 5.32 Å². The molecule has 3 aromatic heterocycles. The smallest absolute Gasteiger partial charge is 0.333 e. The van der Waals surface area contributed by atoms with Gasteiger partial charge >= 0.3 is 5.92 Å². The molecule has 2 N–H and O–H groups in total. The minimum atomic E-state index is -3.62. The predicted molar refractivity (Wildman–Crippen MR) is 122 cm³/mol. The second kappa shape index (κ2) is 8.69. The number of nitrogens with zero attached hydrogens (tertiary/aromatic N) is 6. The van der Waals surface area contributed by atoms with Gasteiger partial charge in [0.25, 0.3) is 5.91 Å². The van der Waals surface area contributed by atoms with E-state index in [4.69, 9.17) is 0 Å². The molecule has 1 amide bonds. The molecule has 0 aliphatic carbocycles. The van der Waals surface area contributed by atoms with Crippen molar-refractivity contribution in [1.82, 2.24) is 34.6 Å². The van der Waals surface area contributed by atoms with Gasteiger partial charge in [-0.25, -0.2) is 13.9 Å². The monoisotopic (exact) mass is 484 g/mol. The standard InChI is InChI=1S/C23H23F3N8O/c1-14-11-19(30-29-14)27-20-18-12-15(21(35)33-9-7-32(2)8-10-33)13-34(18)31-22(28-20)23(25,26)16-3-5-17(24)6-4-16/h3-6,11-13H,7-10H2,1-2H3,(H2,27,28,29,30,31). The first-order valence-electron chi connectivity index (χ1n) is 11.0. The van der Waals surface area contributed by atoms with Gasteiger partial charge in [0.1, 0.15) is 11.3 Å². The summed E-state index contributed by atoms with van der Waals surface area (Å²) < 4.78 is 45.3. The average Bonchev–Trinajstić information content (AvgIpc) is 3.45. The van der Waals surface area contributed by atoms with Gasteiger partial charge in [-0.05, 0) is 44.3 Å². The number of H-pyrrole nitrogens is 1. The number of fused-ring (bicyclic) bond motifs is 1. The lowest BCUT2D eigenvalue weighted by Gasteiger charge is -2.32. The Bertz CT molecular complexity index is 1370. The number of carbonyl (C=O) groups is 1. The maximum Gasteiger partial charge on any atom is 0.333 e. The number of rotatable bonds is 5. The van der Waals surface area contributed by atoms with Crippen LogP contribution in [0.3, 0.4) is 0 Å². The minimum Gasteiger partial charge on any atom is -0.336 e. The molecule has 0 saturated carbocycles. The number of amides is 1. The van der Waals surface area contributed by atoms with Gasteiger partial charge < -0.3 is 15.1 Å². The first kappa shape index (κ1) is 22.8. The zero-order chi connectivity index (χ0) is 24.7. The van der Waals surface area contributed by atoms with Crippen molar-refractivity contribution in [3.8, 4) is 0 Å². The van der Waals surface area contributed by atoms with Crippen LogP contribution in [0.2, 0.25) is 0 Å². The van der Waals surface area contributed by atoms with E-state index in [2.05, 4.69) is 30.5 Å². The first-order valence-corrected chi connectivity index (χ1v) is 11.0. The van der Waals surface area contributed by atoms with E-state index < -0.39 is 23.1 Å². The number of aromatic amines is 1. The third-order valence-corrected chi connectivity index (χ3v) is 5.94. The summed E-state index contributed by atoms with van der Waals surface area (Å²) in [4.78, 5) is 21.1. The van der Waals surface area contributed by atoms with Crippen LogP contribution in [0.5, 0.6) is 0 Å². The highest BCUT2D eigenvalue weighted by molar-refractivity contribution is 5.96. The second-order valence-electron chi connectivity index (χ2n) is 8.58. The summed E-state index contributed by atoms with van der Waals surface area (Å²) in [6, 6.07) is 7.15. The number of hydrogen-bond acceptors (Lipinski definition) is 6. The first-order chi connectivity index (χ1) is 16.7. The zero-order valence-corrected chi connectivity index (χ0v) is 19.1. The van der Waals surface area contributed by atoms with Crippen molar-refractivity contribution in [2.24, 2.45) is 0 Å². The van der Waals surface area contributed by atoms with E-state index in [1.54, 1.807) is 24.0 Å². The molecule has 1 aromatic carbocycles. The fourth-order valence-electron chi connectivity index (χ4n) is 3.92. The summed E-state index contributed by atoms with van der Waals surface area (Å²) in [6.45, 7) is 4.43. The number of aryl methyl sites for hydroxylation is 1. The van der Waals surface area contributed by atoms with Gasteiger partial charge in [0.05, 0.1) is 5.56 Å². The quantitative estimate of drug-likeness (QED) is 0.452. The van der Waals surface area contributed by atoms with Crippen molar-refractivity contribution in [3.63, 3.8) is 0 Å². The Labute approximate surface area is 198 Å². The number of carbonyl (C=O) groups excluding carboxylic acids is 1. The molecule has 0 unspecified atom stereocenters. The lowest BCUT2D eigenvalue weighted by Crippen LogP contribution is -2.47. The Morgan fingerprint density at radius 3 is 2.49 bits per heavy atom. The normalized spacial score (nSPS) is 15.1. The Kier molecular flexibility index (Phi) is 5.67. The van der Waals surface area contributed by atoms with Crippen LogP contribution in [-0.2, 0) is 5.92 Å². The molecule has 35 heavy (non-hydrogen) atoms. The van der Waals surface area contributed by atoms with Crippen molar-refractivity contribution in [2.45, 2.75) is 12.8 Å². The van der Waals surface area contributed by atoms with Crippen molar-refractivity contribution in [2.75, 3.05) is 38.5 Å². The lowest BCUT2D eigenvalue weighted by molar-refractivity contribution is 0.0315. The molecule has 1 aliphatic heterocycles. The summed E-state index contributed by atoms with van der Waals surface area (Å²) in [5, 5.41) is 13.8. The molecule has 9 nitrogen and oxygen atoms in total. The largest absolute Gasteiger partial charge is 0.336 e. The fraction of sp³-hybridized carbons (Fsp3) is 0.304. The van der Waals surface area contributed by atoms with E-state index in [-0.39, 0.29) is 11.7 Å². The molecule has 4 aromatic rings. The van der Waals surface area contributed by atoms with Gasteiger partial charge in [0.2, 0.25) is 5.82 Å². The van der Waals surface area contributed by atoms with E-state index in [9.17, 15) is 9.18 Å². The topological polar surface area (TPSA) is 94.4 Å². The SMILES string of the molecule is Cc1cc(Nc2nc(C(F)(F)c3ccc(F)cc3)nn3cc(C(=O)N4CCN(C)CC4)cc23)n[nH]1. The molecular formula is C23H23F3N8O. The third kappa shape index (κ3) is 4.44. The maximum atomic E-state index is 15.4. The number of halogens is 3. The number of anilines is 2. The molecule has 0 radical (unpaired) electrons. The van der Waals surface area contributed by atoms with Crippen LogP contribution in [-0.4, -0.2) is 73.7 Å². The van der Waals surface area contributed by atoms with E-state index in [1.807, 2.05) is 7.05 Å². The molecule has 4 heterocycles. The van der Waals surface area contributed by atoms with Crippen molar-refractivity contribution >= 4 is 23.1 Å². The molecule has 1 fully saturated rings. The zero-order valence-electron chi connectivity index (χ0n) is 19.1. The molecule has 1 saturated heterocycles. The molecule has 1 aliphatic rings. The molecular weight excluding hydrogens is 461 g/mol. The van der Waals surface area contributed by atoms with Crippen LogP contribution in [0.1, 0.15) is 27.4 Å². The molecule has 182 valence electrons. The van der Waals surface area contributed by atoms with Gasteiger partial charge in [-0.2, -0.15) is 13.9 Å². The number of hydrogen-bond donors (Lipinski definition) is 2. The summed E-state index contributed by atoms with van der Waals surface area (Å²) in [5.41, 5.74) is 0.950. The van der Waals surface area contributed by atoms with E-state index >= 15 is 8.78 Å². The summed E-state index contributed by atoms with van der Waals surface area (Å²) >= 11 is 0. The fourth-order valence-corrected chi connectivity index (χ4v) is 3.92. The highest BCUT2D eigenvalue weighted by Gasteiger charge is 2.39. The highest BCUT2D eigenvalue weighted by atomic mass is 19.3. The number of benzene rings is 1.